The van der Waals surface area contributed by atoms with E-state index in [-0.39, 0.29) is 40.7 Å². The number of esters is 4. The van der Waals surface area contributed by atoms with Gasteiger partial charge in [0.2, 0.25) is 5.75 Å². The Morgan fingerprint density at radius 3 is 2.09 bits per heavy atom. The molecule has 3 aliphatic carbocycles. The van der Waals surface area contributed by atoms with E-state index >= 15 is 0 Å². The number of fused-ring (bicyclic) bond motifs is 5. The molecule has 1 aromatic rings. The highest BCUT2D eigenvalue weighted by atomic mass is 16.6. The van der Waals surface area contributed by atoms with Gasteiger partial charge in [-0.2, -0.15) is 0 Å². The molecule has 1 unspecified atom stereocenters. The van der Waals surface area contributed by atoms with Crippen LogP contribution >= 0.6 is 0 Å². The molecule has 0 N–H and O–H groups in total. The summed E-state index contributed by atoms with van der Waals surface area (Å²) in [6.45, 7) is 7.50. The van der Waals surface area contributed by atoms with Crippen molar-refractivity contribution in [3.05, 3.63) is 17.2 Å². The molecule has 0 bridgehead atoms. The van der Waals surface area contributed by atoms with Crippen molar-refractivity contribution >= 4 is 23.9 Å². The molecule has 8 nitrogen and oxygen atoms in total. The summed E-state index contributed by atoms with van der Waals surface area (Å²) in [4.78, 5) is 47.3. The third-order valence-electron chi connectivity index (χ3n) is 7.87. The molecule has 0 aromatic heterocycles. The van der Waals surface area contributed by atoms with E-state index in [4.69, 9.17) is 18.9 Å². The Morgan fingerprint density at radius 2 is 1.47 bits per heavy atom. The maximum atomic E-state index is 12.0. The minimum absolute atomic E-state index is 0.0356. The standard InChI is InChI=1S/C26H32O8/c1-13(27)31-22-12-20-17-10-11-26(5)21(8-9-23(26)32-14(2)28)18(17)6-7-19(20)24(33-15(3)29)25(22)34-16(4)30/h12,17-18,21,23H,6-11H2,1-5H3/t17-,18+,21-,23?,26-/m0/s1. The molecule has 0 aliphatic heterocycles. The molecule has 5 atom stereocenters. The van der Waals surface area contributed by atoms with Crippen LogP contribution in [0.3, 0.4) is 0 Å². The van der Waals surface area contributed by atoms with E-state index in [1.807, 2.05) is 0 Å². The maximum absolute atomic E-state index is 12.0. The average molecular weight is 473 g/mol. The number of hydrogen-bond donors (Lipinski definition) is 0. The summed E-state index contributed by atoms with van der Waals surface area (Å²) in [5.74, 6) is -0.820. The number of carbonyl (C=O) groups is 4. The number of carbonyl (C=O) groups excluding carboxylic acids is 4. The minimum atomic E-state index is -0.605. The smallest absolute Gasteiger partial charge is 0.308 e. The lowest BCUT2D eigenvalue weighted by Gasteiger charge is -2.50. The predicted octanol–water partition coefficient (Wildman–Crippen LogP) is 4.25. The molecular weight excluding hydrogens is 440 g/mol. The summed E-state index contributed by atoms with van der Waals surface area (Å²) in [6, 6.07) is 1.78. The van der Waals surface area contributed by atoms with Gasteiger partial charge in [-0.1, -0.05) is 6.92 Å². The van der Waals surface area contributed by atoms with Crippen molar-refractivity contribution in [1.29, 1.82) is 0 Å². The van der Waals surface area contributed by atoms with Crippen LogP contribution < -0.4 is 14.2 Å². The molecule has 184 valence electrons. The van der Waals surface area contributed by atoms with Crippen molar-refractivity contribution in [3.63, 3.8) is 0 Å². The van der Waals surface area contributed by atoms with Gasteiger partial charge in [-0.25, -0.2) is 0 Å². The molecule has 0 amide bonds. The third-order valence-corrected chi connectivity index (χ3v) is 7.87. The van der Waals surface area contributed by atoms with Gasteiger partial charge in [0.05, 0.1) is 0 Å². The van der Waals surface area contributed by atoms with Gasteiger partial charge >= 0.3 is 23.9 Å². The Labute approximate surface area is 199 Å². The van der Waals surface area contributed by atoms with Crippen LogP contribution in [-0.2, 0) is 30.3 Å². The lowest BCUT2D eigenvalue weighted by Crippen LogP contribution is -2.45. The summed E-state index contributed by atoms with van der Waals surface area (Å²) >= 11 is 0. The van der Waals surface area contributed by atoms with E-state index in [0.29, 0.717) is 18.3 Å². The van der Waals surface area contributed by atoms with Gasteiger partial charge in [0.1, 0.15) is 6.10 Å². The fourth-order valence-electron chi connectivity index (χ4n) is 6.72. The van der Waals surface area contributed by atoms with Gasteiger partial charge in [0, 0.05) is 38.7 Å². The zero-order valence-corrected chi connectivity index (χ0v) is 20.4. The zero-order valence-electron chi connectivity index (χ0n) is 20.4. The molecule has 0 radical (unpaired) electrons. The summed E-state index contributed by atoms with van der Waals surface area (Å²) < 4.78 is 22.0. The second-order valence-corrected chi connectivity index (χ2v) is 10.0. The van der Waals surface area contributed by atoms with Gasteiger partial charge in [-0.05, 0) is 67.9 Å². The third kappa shape index (κ3) is 4.30. The molecule has 2 saturated carbocycles. The summed E-state index contributed by atoms with van der Waals surface area (Å²) in [6.07, 6.45) is 5.06. The highest BCUT2D eigenvalue weighted by Gasteiger charge is 2.56. The highest BCUT2D eigenvalue weighted by molar-refractivity contribution is 5.79. The Balaban J connectivity index is 1.78. The molecular formula is C26H32O8. The maximum Gasteiger partial charge on any atom is 0.308 e. The van der Waals surface area contributed by atoms with E-state index < -0.39 is 17.9 Å². The second kappa shape index (κ2) is 9.04. The summed E-state index contributed by atoms with van der Waals surface area (Å²) in [7, 11) is 0. The summed E-state index contributed by atoms with van der Waals surface area (Å²) in [5.41, 5.74) is 1.72. The fraction of sp³-hybridized carbons (Fsp3) is 0.615. The highest BCUT2D eigenvalue weighted by Crippen LogP contribution is 2.63. The van der Waals surface area contributed by atoms with E-state index in [9.17, 15) is 19.2 Å². The minimum Gasteiger partial charge on any atom is -0.462 e. The predicted molar refractivity (Wildman–Crippen MR) is 121 cm³/mol. The van der Waals surface area contributed by atoms with Crippen LogP contribution in [-0.4, -0.2) is 30.0 Å². The van der Waals surface area contributed by atoms with Crippen LogP contribution in [0.15, 0.2) is 6.07 Å². The average Bonchev–Trinajstić information content (AvgIpc) is 3.05. The van der Waals surface area contributed by atoms with Crippen LogP contribution in [0.2, 0.25) is 0 Å². The Hall–Kier alpha value is -2.90. The zero-order chi connectivity index (χ0) is 24.8. The first-order valence-corrected chi connectivity index (χ1v) is 11.9. The van der Waals surface area contributed by atoms with Crippen LogP contribution in [0.4, 0.5) is 0 Å². The Kier molecular flexibility index (Phi) is 6.44. The fourth-order valence-corrected chi connectivity index (χ4v) is 6.72. The molecule has 4 rings (SSSR count). The number of ether oxygens (including phenoxy) is 4. The van der Waals surface area contributed by atoms with Crippen molar-refractivity contribution in [2.24, 2.45) is 17.3 Å². The molecule has 2 fully saturated rings. The van der Waals surface area contributed by atoms with Crippen LogP contribution in [0.5, 0.6) is 17.2 Å². The first-order chi connectivity index (χ1) is 16.0. The molecule has 34 heavy (non-hydrogen) atoms. The quantitative estimate of drug-likeness (QED) is 0.473. The largest absolute Gasteiger partial charge is 0.462 e. The summed E-state index contributed by atoms with van der Waals surface area (Å²) in [5, 5.41) is 0. The normalized spacial score (nSPS) is 29.2. The Morgan fingerprint density at radius 1 is 0.824 bits per heavy atom. The number of hydrogen-bond acceptors (Lipinski definition) is 8. The molecule has 8 heteroatoms. The molecule has 1 aromatic carbocycles. The number of rotatable bonds is 4. The second-order valence-electron chi connectivity index (χ2n) is 10.0. The van der Waals surface area contributed by atoms with E-state index in [1.165, 1.54) is 27.7 Å². The van der Waals surface area contributed by atoms with E-state index in [0.717, 1.165) is 43.2 Å². The van der Waals surface area contributed by atoms with Crippen molar-refractivity contribution in [3.8, 4) is 17.2 Å². The van der Waals surface area contributed by atoms with Crippen molar-refractivity contribution < 1.29 is 38.1 Å². The van der Waals surface area contributed by atoms with Gasteiger partial charge < -0.3 is 18.9 Å². The van der Waals surface area contributed by atoms with Crippen LogP contribution in [0.1, 0.15) is 83.8 Å². The monoisotopic (exact) mass is 472 g/mol. The van der Waals surface area contributed by atoms with Crippen molar-refractivity contribution in [1.82, 2.24) is 0 Å². The van der Waals surface area contributed by atoms with Gasteiger partial charge in [0.25, 0.3) is 0 Å². The first-order valence-electron chi connectivity index (χ1n) is 11.9. The molecule has 3 aliphatic rings. The topological polar surface area (TPSA) is 105 Å². The molecule has 0 saturated heterocycles. The van der Waals surface area contributed by atoms with Gasteiger partial charge in [-0.15, -0.1) is 0 Å². The van der Waals surface area contributed by atoms with E-state index in [2.05, 4.69) is 6.92 Å². The van der Waals surface area contributed by atoms with Crippen LogP contribution in [0.25, 0.3) is 0 Å². The van der Waals surface area contributed by atoms with Gasteiger partial charge in [-0.3, -0.25) is 19.2 Å². The van der Waals surface area contributed by atoms with Crippen LogP contribution in [0, 0.1) is 17.3 Å². The SMILES string of the molecule is CC(=O)Oc1cc2c(c(OC(C)=O)c1OC(C)=O)CC[C@@H]1[C@@H]2CC[C@]2(C)C(OC(C)=O)CC[C@@H]12. The van der Waals surface area contributed by atoms with Crippen molar-refractivity contribution in [2.45, 2.75) is 85.2 Å². The number of benzene rings is 1. The van der Waals surface area contributed by atoms with Crippen molar-refractivity contribution in [2.75, 3.05) is 0 Å². The lowest BCUT2D eigenvalue weighted by atomic mass is 9.55. The molecule has 0 spiro atoms. The Bertz CT molecular complexity index is 1040. The lowest BCUT2D eigenvalue weighted by molar-refractivity contribution is -0.154. The van der Waals surface area contributed by atoms with E-state index in [1.54, 1.807) is 6.07 Å². The van der Waals surface area contributed by atoms with Gasteiger partial charge in [0.15, 0.2) is 11.5 Å². The molecule has 0 heterocycles. The first kappa shape index (κ1) is 24.2.